The standard InChI is InChI=1S/C14H20N2O3/c1-10(2)16(9-12(17)19-3)14(18)13(15)11-7-5-4-6-8-11/h4-8,10,13H,9,15H2,1-3H3. The van der Waals surface area contributed by atoms with Crippen LogP contribution in [0.15, 0.2) is 30.3 Å². The highest BCUT2D eigenvalue weighted by atomic mass is 16.5. The highest BCUT2D eigenvalue weighted by Gasteiger charge is 2.26. The van der Waals surface area contributed by atoms with Crippen molar-refractivity contribution >= 4 is 11.9 Å². The molecule has 2 N–H and O–H groups in total. The first-order chi connectivity index (χ1) is 8.97. The number of amides is 1. The predicted octanol–water partition coefficient (Wildman–Crippen LogP) is 1.10. The maximum atomic E-state index is 12.3. The molecule has 0 saturated carbocycles. The first-order valence-corrected chi connectivity index (χ1v) is 6.15. The molecule has 0 aliphatic carbocycles. The number of ether oxygens (including phenoxy) is 1. The second-order valence-corrected chi connectivity index (χ2v) is 4.52. The summed E-state index contributed by atoms with van der Waals surface area (Å²) in [6.45, 7) is 3.57. The van der Waals surface area contributed by atoms with Gasteiger partial charge in [-0.1, -0.05) is 30.3 Å². The molecule has 0 heterocycles. The highest BCUT2D eigenvalue weighted by Crippen LogP contribution is 2.14. The Morgan fingerprint density at radius 2 is 1.84 bits per heavy atom. The van der Waals surface area contributed by atoms with Crippen LogP contribution in [0.25, 0.3) is 0 Å². The maximum Gasteiger partial charge on any atom is 0.325 e. The van der Waals surface area contributed by atoms with Crippen LogP contribution >= 0.6 is 0 Å². The summed E-state index contributed by atoms with van der Waals surface area (Å²) in [4.78, 5) is 25.1. The van der Waals surface area contributed by atoms with Crippen LogP contribution in [-0.4, -0.2) is 36.5 Å². The summed E-state index contributed by atoms with van der Waals surface area (Å²) in [6.07, 6.45) is 0. The van der Waals surface area contributed by atoms with Crippen molar-refractivity contribution in [3.63, 3.8) is 0 Å². The molecule has 1 amide bonds. The van der Waals surface area contributed by atoms with Gasteiger partial charge in [0.05, 0.1) is 7.11 Å². The number of esters is 1. The molecule has 0 aliphatic heterocycles. The van der Waals surface area contributed by atoms with Crippen LogP contribution in [0.3, 0.4) is 0 Å². The third-order valence-electron chi connectivity index (χ3n) is 2.86. The van der Waals surface area contributed by atoms with Gasteiger partial charge in [0.2, 0.25) is 5.91 Å². The highest BCUT2D eigenvalue weighted by molar-refractivity contribution is 5.86. The number of benzene rings is 1. The summed E-state index contributed by atoms with van der Waals surface area (Å²) in [5.74, 6) is -0.742. The second-order valence-electron chi connectivity index (χ2n) is 4.52. The van der Waals surface area contributed by atoms with Crippen LogP contribution in [0, 0.1) is 0 Å². The van der Waals surface area contributed by atoms with Gasteiger partial charge in [-0.15, -0.1) is 0 Å². The second kappa shape index (κ2) is 6.89. The molecule has 1 aromatic carbocycles. The van der Waals surface area contributed by atoms with Gasteiger partial charge in [-0.25, -0.2) is 0 Å². The van der Waals surface area contributed by atoms with Gasteiger partial charge in [0.1, 0.15) is 12.6 Å². The fraction of sp³-hybridized carbons (Fsp3) is 0.429. The fourth-order valence-corrected chi connectivity index (χ4v) is 1.70. The van der Waals surface area contributed by atoms with Crippen molar-refractivity contribution in [3.8, 4) is 0 Å². The van der Waals surface area contributed by atoms with Gasteiger partial charge in [-0.05, 0) is 19.4 Å². The van der Waals surface area contributed by atoms with E-state index in [1.165, 1.54) is 12.0 Å². The molecular weight excluding hydrogens is 244 g/mol. The number of carbonyl (C=O) groups is 2. The van der Waals surface area contributed by atoms with Crippen LogP contribution in [0.2, 0.25) is 0 Å². The first kappa shape index (κ1) is 15.2. The van der Waals surface area contributed by atoms with Crippen molar-refractivity contribution in [2.24, 2.45) is 5.73 Å². The van der Waals surface area contributed by atoms with E-state index in [-0.39, 0.29) is 18.5 Å². The van der Waals surface area contributed by atoms with E-state index in [9.17, 15) is 9.59 Å². The Hall–Kier alpha value is -1.88. The van der Waals surface area contributed by atoms with E-state index in [2.05, 4.69) is 4.74 Å². The molecule has 0 aromatic heterocycles. The van der Waals surface area contributed by atoms with Crippen molar-refractivity contribution in [1.82, 2.24) is 4.90 Å². The van der Waals surface area contributed by atoms with Gasteiger partial charge in [0, 0.05) is 6.04 Å². The lowest BCUT2D eigenvalue weighted by atomic mass is 10.1. The lowest BCUT2D eigenvalue weighted by Crippen LogP contribution is -2.45. The normalized spacial score (nSPS) is 12.1. The van der Waals surface area contributed by atoms with Gasteiger partial charge in [-0.3, -0.25) is 9.59 Å². The minimum absolute atomic E-state index is 0.0897. The number of rotatable bonds is 5. The molecule has 0 aliphatic rings. The molecule has 104 valence electrons. The van der Waals surface area contributed by atoms with Gasteiger partial charge >= 0.3 is 5.97 Å². The molecular formula is C14H20N2O3. The van der Waals surface area contributed by atoms with Gasteiger partial charge in [-0.2, -0.15) is 0 Å². The van der Waals surface area contributed by atoms with E-state index in [1.54, 1.807) is 12.1 Å². The number of nitrogens with two attached hydrogens (primary N) is 1. The van der Waals surface area contributed by atoms with Crippen LogP contribution < -0.4 is 5.73 Å². The van der Waals surface area contributed by atoms with Crippen LogP contribution in [-0.2, 0) is 14.3 Å². The zero-order valence-electron chi connectivity index (χ0n) is 11.5. The molecule has 0 fully saturated rings. The quantitative estimate of drug-likeness (QED) is 0.808. The molecule has 0 saturated heterocycles. The molecule has 1 rings (SSSR count). The summed E-state index contributed by atoms with van der Waals surface area (Å²) >= 11 is 0. The summed E-state index contributed by atoms with van der Waals surface area (Å²) in [7, 11) is 1.29. The lowest BCUT2D eigenvalue weighted by Gasteiger charge is -2.28. The third kappa shape index (κ3) is 4.06. The van der Waals surface area contributed by atoms with Crippen molar-refractivity contribution in [2.75, 3.05) is 13.7 Å². The molecule has 1 aromatic rings. The van der Waals surface area contributed by atoms with Crippen molar-refractivity contribution in [3.05, 3.63) is 35.9 Å². The molecule has 5 heteroatoms. The van der Waals surface area contributed by atoms with E-state index < -0.39 is 12.0 Å². The summed E-state index contributed by atoms with van der Waals surface area (Å²) in [5.41, 5.74) is 6.68. The Bertz CT molecular complexity index is 432. The lowest BCUT2D eigenvalue weighted by molar-refractivity contribution is -0.148. The monoisotopic (exact) mass is 264 g/mol. The van der Waals surface area contributed by atoms with Crippen molar-refractivity contribution in [2.45, 2.75) is 25.9 Å². The van der Waals surface area contributed by atoms with E-state index in [1.807, 2.05) is 32.0 Å². The fourth-order valence-electron chi connectivity index (χ4n) is 1.70. The first-order valence-electron chi connectivity index (χ1n) is 6.15. The number of carbonyl (C=O) groups excluding carboxylic acids is 2. The van der Waals surface area contributed by atoms with Crippen LogP contribution in [0.1, 0.15) is 25.5 Å². The smallest absolute Gasteiger partial charge is 0.325 e. The predicted molar refractivity (Wildman–Crippen MR) is 72.2 cm³/mol. The minimum Gasteiger partial charge on any atom is -0.468 e. The van der Waals surface area contributed by atoms with Crippen LogP contribution in [0.5, 0.6) is 0 Å². The summed E-state index contributed by atoms with van der Waals surface area (Å²) in [6, 6.07) is 8.19. The largest absolute Gasteiger partial charge is 0.468 e. The zero-order chi connectivity index (χ0) is 14.4. The number of hydrogen-bond donors (Lipinski definition) is 1. The molecule has 0 spiro atoms. The van der Waals surface area contributed by atoms with E-state index in [4.69, 9.17) is 5.73 Å². The number of methoxy groups -OCH3 is 1. The molecule has 0 radical (unpaired) electrons. The Labute approximate surface area is 113 Å². The topological polar surface area (TPSA) is 72.6 Å². The average Bonchev–Trinajstić information content (AvgIpc) is 2.43. The summed E-state index contributed by atoms with van der Waals surface area (Å²) in [5, 5.41) is 0. The molecule has 5 nitrogen and oxygen atoms in total. The maximum absolute atomic E-state index is 12.3. The SMILES string of the molecule is COC(=O)CN(C(=O)C(N)c1ccccc1)C(C)C. The number of nitrogens with zero attached hydrogens (tertiary/aromatic N) is 1. The van der Waals surface area contributed by atoms with Gasteiger partial charge in [0.15, 0.2) is 0 Å². The summed E-state index contributed by atoms with van der Waals surface area (Å²) < 4.78 is 4.59. The van der Waals surface area contributed by atoms with E-state index in [0.717, 1.165) is 5.56 Å². The average molecular weight is 264 g/mol. The molecule has 1 atom stereocenters. The van der Waals surface area contributed by atoms with Crippen LogP contribution in [0.4, 0.5) is 0 Å². The van der Waals surface area contributed by atoms with E-state index in [0.29, 0.717) is 0 Å². The Balaban J connectivity index is 2.85. The Morgan fingerprint density at radius 3 is 2.32 bits per heavy atom. The zero-order valence-corrected chi connectivity index (χ0v) is 11.5. The molecule has 1 unspecified atom stereocenters. The number of hydrogen-bond acceptors (Lipinski definition) is 4. The van der Waals surface area contributed by atoms with E-state index >= 15 is 0 Å². The van der Waals surface area contributed by atoms with Crippen molar-refractivity contribution < 1.29 is 14.3 Å². The molecule has 0 bridgehead atoms. The minimum atomic E-state index is -0.770. The Kier molecular flexibility index (Phi) is 5.51. The molecule has 19 heavy (non-hydrogen) atoms. The third-order valence-corrected chi connectivity index (χ3v) is 2.86. The van der Waals surface area contributed by atoms with Gasteiger partial charge < -0.3 is 15.4 Å². The Morgan fingerprint density at radius 1 is 1.26 bits per heavy atom. The van der Waals surface area contributed by atoms with Crippen molar-refractivity contribution in [1.29, 1.82) is 0 Å². The van der Waals surface area contributed by atoms with Gasteiger partial charge in [0.25, 0.3) is 0 Å².